The Morgan fingerprint density at radius 1 is 1.59 bits per heavy atom. The van der Waals surface area contributed by atoms with Crippen molar-refractivity contribution in [2.45, 2.75) is 6.42 Å². The molecule has 17 heavy (non-hydrogen) atoms. The number of rotatable bonds is 2. The van der Waals surface area contributed by atoms with Gasteiger partial charge in [0.2, 0.25) is 0 Å². The van der Waals surface area contributed by atoms with Gasteiger partial charge in [0.1, 0.15) is 5.82 Å². The van der Waals surface area contributed by atoms with Crippen LogP contribution in [0.3, 0.4) is 0 Å². The number of non-ortho nitro benzene ring substituents is 1. The molecule has 0 aliphatic rings. The van der Waals surface area contributed by atoms with Gasteiger partial charge in [-0.05, 0) is 12.1 Å². The molecule has 0 saturated heterocycles. The minimum atomic E-state index is -0.774. The molecule has 0 aliphatic heterocycles. The van der Waals surface area contributed by atoms with Gasteiger partial charge in [0, 0.05) is 11.8 Å². The number of nitro groups is 1. The second-order valence-corrected chi connectivity index (χ2v) is 3.35. The maximum Gasteiger partial charge on any atom is 0.281 e. The lowest BCUT2D eigenvalue weighted by atomic mass is 10.1. The van der Waals surface area contributed by atoms with Crippen LogP contribution in [-0.2, 0) is 6.42 Å². The topological polar surface area (TPSA) is 79.8 Å². The zero-order valence-corrected chi connectivity index (χ0v) is 8.55. The summed E-state index contributed by atoms with van der Waals surface area (Å²) in [7, 11) is 0. The lowest BCUT2D eigenvalue weighted by Gasteiger charge is -2.04. The predicted octanol–water partition coefficient (Wildman–Crippen LogP) is 2.35. The molecule has 0 aliphatic carbocycles. The summed E-state index contributed by atoms with van der Waals surface area (Å²) in [6.45, 7) is 0. The Hall–Kier alpha value is -2.55. The largest absolute Gasteiger partial charge is 0.281 e. The first-order valence-corrected chi connectivity index (χ1v) is 4.72. The maximum atomic E-state index is 13.6. The average molecular weight is 231 g/mol. The van der Waals surface area contributed by atoms with Crippen molar-refractivity contribution in [1.29, 1.82) is 5.26 Å². The highest BCUT2D eigenvalue weighted by molar-refractivity contribution is 5.90. The van der Waals surface area contributed by atoms with Crippen molar-refractivity contribution in [3.05, 3.63) is 45.9 Å². The van der Waals surface area contributed by atoms with Gasteiger partial charge in [-0.15, -0.1) is 0 Å². The Morgan fingerprint density at radius 2 is 2.35 bits per heavy atom. The van der Waals surface area contributed by atoms with E-state index in [0.29, 0.717) is 0 Å². The van der Waals surface area contributed by atoms with Crippen molar-refractivity contribution in [3.8, 4) is 6.07 Å². The first kappa shape index (κ1) is 11.0. The van der Waals surface area contributed by atoms with E-state index in [4.69, 9.17) is 5.26 Å². The molecule has 2 aromatic rings. The molecule has 1 heterocycles. The van der Waals surface area contributed by atoms with Crippen LogP contribution in [0.1, 0.15) is 5.56 Å². The lowest BCUT2D eigenvalue weighted by Crippen LogP contribution is -1.98. The zero-order chi connectivity index (χ0) is 12.4. The molecule has 0 spiro atoms. The van der Waals surface area contributed by atoms with Gasteiger partial charge in [-0.2, -0.15) is 5.26 Å². The predicted molar refractivity (Wildman–Crippen MR) is 57.7 cm³/mol. The number of hydrogen-bond acceptors (Lipinski definition) is 4. The summed E-state index contributed by atoms with van der Waals surface area (Å²) >= 11 is 0. The number of pyridine rings is 1. The van der Waals surface area contributed by atoms with E-state index in [1.807, 2.05) is 6.07 Å². The van der Waals surface area contributed by atoms with E-state index >= 15 is 0 Å². The van der Waals surface area contributed by atoms with Crippen LogP contribution in [0.25, 0.3) is 10.9 Å². The number of halogens is 1. The Morgan fingerprint density at radius 3 is 3.00 bits per heavy atom. The Bertz CT molecular complexity index is 649. The Labute approximate surface area is 95.3 Å². The Balaban J connectivity index is 2.87. The number of nitro benzene ring substituents is 1. The van der Waals surface area contributed by atoms with E-state index in [1.165, 1.54) is 18.3 Å². The van der Waals surface area contributed by atoms with E-state index in [2.05, 4.69) is 4.98 Å². The van der Waals surface area contributed by atoms with Crippen LogP contribution >= 0.6 is 0 Å². The molecular weight excluding hydrogens is 225 g/mol. The number of hydrogen-bond donors (Lipinski definition) is 0. The summed E-state index contributed by atoms with van der Waals surface area (Å²) < 4.78 is 13.6. The smallest absolute Gasteiger partial charge is 0.258 e. The van der Waals surface area contributed by atoms with Crippen LogP contribution in [0, 0.1) is 27.3 Å². The number of nitrogens with zero attached hydrogens (tertiary/aromatic N) is 3. The molecule has 0 atom stereocenters. The van der Waals surface area contributed by atoms with E-state index in [0.717, 1.165) is 6.07 Å². The van der Waals surface area contributed by atoms with E-state index < -0.39 is 10.7 Å². The van der Waals surface area contributed by atoms with Crippen molar-refractivity contribution in [2.75, 3.05) is 0 Å². The SMILES string of the molecule is N#CCc1c(F)cc([N+](=O)[O-])c2cccnc12. The molecule has 0 saturated carbocycles. The second kappa shape index (κ2) is 4.14. The van der Waals surface area contributed by atoms with E-state index in [1.54, 1.807) is 0 Å². The van der Waals surface area contributed by atoms with Crippen LogP contribution in [0.5, 0.6) is 0 Å². The van der Waals surface area contributed by atoms with Gasteiger partial charge in [0.05, 0.1) is 34.4 Å². The molecule has 84 valence electrons. The van der Waals surface area contributed by atoms with Crippen molar-refractivity contribution >= 4 is 16.6 Å². The van der Waals surface area contributed by atoms with Gasteiger partial charge in [-0.25, -0.2) is 4.39 Å². The van der Waals surface area contributed by atoms with Gasteiger partial charge < -0.3 is 0 Å². The van der Waals surface area contributed by atoms with Crippen LogP contribution in [0.4, 0.5) is 10.1 Å². The molecule has 0 radical (unpaired) electrons. The summed E-state index contributed by atoms with van der Waals surface area (Å²) in [4.78, 5) is 14.0. The van der Waals surface area contributed by atoms with Gasteiger partial charge in [-0.3, -0.25) is 15.1 Å². The molecule has 0 unspecified atom stereocenters. The standard InChI is InChI=1S/C11H6FN3O2/c12-9-6-10(15(16)17)8-2-1-5-14-11(8)7(9)3-4-13/h1-2,5-6H,3H2. The fourth-order valence-electron chi connectivity index (χ4n) is 1.65. The molecule has 0 bridgehead atoms. The first-order valence-electron chi connectivity index (χ1n) is 4.72. The molecule has 2 rings (SSSR count). The van der Waals surface area contributed by atoms with Gasteiger partial charge >= 0.3 is 0 Å². The zero-order valence-electron chi connectivity index (χ0n) is 8.55. The molecule has 1 aromatic heterocycles. The van der Waals surface area contributed by atoms with Crippen molar-refractivity contribution in [2.24, 2.45) is 0 Å². The quantitative estimate of drug-likeness (QED) is 0.586. The van der Waals surface area contributed by atoms with Crippen molar-refractivity contribution < 1.29 is 9.31 Å². The van der Waals surface area contributed by atoms with E-state index in [-0.39, 0.29) is 28.6 Å². The highest BCUT2D eigenvalue weighted by Gasteiger charge is 2.19. The lowest BCUT2D eigenvalue weighted by molar-refractivity contribution is -0.383. The summed E-state index contributed by atoms with van der Waals surface area (Å²) in [5.41, 5.74) is -0.0817. The highest BCUT2D eigenvalue weighted by atomic mass is 19.1. The molecule has 0 amide bonds. The molecule has 0 N–H and O–H groups in total. The third kappa shape index (κ3) is 1.78. The van der Waals surface area contributed by atoms with Crippen molar-refractivity contribution in [1.82, 2.24) is 4.98 Å². The minimum Gasteiger partial charge on any atom is -0.258 e. The van der Waals surface area contributed by atoms with Crippen molar-refractivity contribution in [3.63, 3.8) is 0 Å². The molecule has 6 heteroatoms. The monoisotopic (exact) mass is 231 g/mol. The summed E-state index contributed by atoms with van der Waals surface area (Å²) in [6, 6.07) is 5.66. The van der Waals surface area contributed by atoms with Gasteiger partial charge in [0.25, 0.3) is 5.69 Å². The molecule has 0 fully saturated rings. The number of fused-ring (bicyclic) bond motifs is 1. The number of nitriles is 1. The Kier molecular flexibility index (Phi) is 2.66. The molecular formula is C11H6FN3O2. The third-order valence-corrected chi connectivity index (χ3v) is 2.37. The number of benzene rings is 1. The van der Waals surface area contributed by atoms with E-state index in [9.17, 15) is 14.5 Å². The van der Waals surface area contributed by atoms with Crippen LogP contribution in [0.2, 0.25) is 0 Å². The first-order chi connectivity index (χ1) is 8.15. The van der Waals surface area contributed by atoms with Gasteiger partial charge in [-0.1, -0.05) is 0 Å². The third-order valence-electron chi connectivity index (χ3n) is 2.37. The minimum absolute atomic E-state index is 0.0914. The molecule has 5 nitrogen and oxygen atoms in total. The van der Waals surface area contributed by atoms with Gasteiger partial charge in [0.15, 0.2) is 0 Å². The number of aromatic nitrogens is 1. The fraction of sp³-hybridized carbons (Fsp3) is 0.0909. The molecule has 1 aromatic carbocycles. The second-order valence-electron chi connectivity index (χ2n) is 3.35. The summed E-state index contributed by atoms with van der Waals surface area (Å²) in [6.07, 6.45) is 1.24. The highest BCUT2D eigenvalue weighted by Crippen LogP contribution is 2.29. The maximum absolute atomic E-state index is 13.6. The summed E-state index contributed by atoms with van der Waals surface area (Å²) in [5, 5.41) is 19.6. The normalized spacial score (nSPS) is 10.1. The average Bonchev–Trinajstić information content (AvgIpc) is 2.32. The van der Waals surface area contributed by atoms with Crippen LogP contribution < -0.4 is 0 Å². The van der Waals surface area contributed by atoms with Crippen LogP contribution in [0.15, 0.2) is 24.4 Å². The fourth-order valence-corrected chi connectivity index (χ4v) is 1.65. The van der Waals surface area contributed by atoms with Crippen LogP contribution in [-0.4, -0.2) is 9.91 Å². The summed E-state index contributed by atoms with van der Waals surface area (Å²) in [5.74, 6) is -0.774.